The lowest BCUT2D eigenvalue weighted by Gasteiger charge is -2.24. The molecule has 2 heterocycles. The summed E-state index contributed by atoms with van der Waals surface area (Å²) in [4.78, 5) is 19.5. The van der Waals surface area contributed by atoms with Crippen LogP contribution in [0.25, 0.3) is 22.2 Å². The van der Waals surface area contributed by atoms with Crippen molar-refractivity contribution >= 4 is 28.6 Å². The predicted octanol–water partition coefficient (Wildman–Crippen LogP) is 6.28. The summed E-state index contributed by atoms with van der Waals surface area (Å²) in [6.45, 7) is 0.618. The standard InChI is InChI=1S/C25H20ClFN2O2/c26-23(16-6-2-1-3-7-16)25(30)29-13-5-10-21(29)24-28-20-15-18(11-12-22(20)31-24)17-8-4-9-19(27)14-17/h1-4,6-9,11-12,14-15,21,23H,5,10,13H2/t21-,23-/m1/s1. The third-order valence-corrected chi connectivity index (χ3v) is 6.13. The maximum atomic E-state index is 13.6. The molecule has 1 aromatic heterocycles. The second-order valence-corrected chi connectivity index (χ2v) is 8.14. The fraction of sp³-hybridized carbons (Fsp3) is 0.200. The van der Waals surface area contributed by atoms with Crippen LogP contribution in [-0.4, -0.2) is 22.3 Å². The Morgan fingerprint density at radius 2 is 1.87 bits per heavy atom. The summed E-state index contributed by atoms with van der Waals surface area (Å²) in [5.41, 5.74) is 3.73. The van der Waals surface area contributed by atoms with E-state index in [9.17, 15) is 9.18 Å². The summed E-state index contributed by atoms with van der Waals surface area (Å²) in [5, 5.41) is -0.745. The minimum absolute atomic E-state index is 0.141. The number of amides is 1. The van der Waals surface area contributed by atoms with Gasteiger partial charge in [-0.05, 0) is 53.8 Å². The highest BCUT2D eigenvalue weighted by Crippen LogP contribution is 2.37. The van der Waals surface area contributed by atoms with E-state index in [1.54, 1.807) is 11.0 Å². The number of rotatable bonds is 4. The van der Waals surface area contributed by atoms with Crippen molar-refractivity contribution < 1.29 is 13.6 Å². The molecule has 3 aromatic carbocycles. The van der Waals surface area contributed by atoms with Crippen LogP contribution < -0.4 is 0 Å². The molecule has 0 radical (unpaired) electrons. The Hall–Kier alpha value is -3.18. The SMILES string of the molecule is O=C([C@H](Cl)c1ccccc1)N1CCC[C@@H]1c1nc2cc(-c3cccc(F)c3)ccc2o1. The molecule has 4 aromatic rings. The maximum absolute atomic E-state index is 13.6. The Labute approximate surface area is 184 Å². The van der Waals surface area contributed by atoms with Crippen LogP contribution in [0.5, 0.6) is 0 Å². The number of oxazole rings is 1. The largest absolute Gasteiger partial charge is 0.438 e. The first-order valence-corrected chi connectivity index (χ1v) is 10.7. The van der Waals surface area contributed by atoms with Gasteiger partial charge in [-0.15, -0.1) is 11.6 Å². The number of hydrogen-bond acceptors (Lipinski definition) is 3. The van der Waals surface area contributed by atoms with Gasteiger partial charge in [-0.3, -0.25) is 4.79 Å². The van der Waals surface area contributed by atoms with Crippen molar-refractivity contribution in [3.8, 4) is 11.1 Å². The van der Waals surface area contributed by atoms with Crippen LogP contribution in [0.2, 0.25) is 0 Å². The third kappa shape index (κ3) is 3.81. The zero-order valence-corrected chi connectivity index (χ0v) is 17.4. The van der Waals surface area contributed by atoms with Gasteiger partial charge in [0.05, 0.1) is 0 Å². The van der Waals surface area contributed by atoms with E-state index < -0.39 is 5.38 Å². The minimum Gasteiger partial charge on any atom is -0.438 e. The summed E-state index contributed by atoms with van der Waals surface area (Å²) >= 11 is 6.50. The van der Waals surface area contributed by atoms with Crippen molar-refractivity contribution in [3.05, 3.63) is 90.1 Å². The van der Waals surface area contributed by atoms with Gasteiger partial charge in [-0.25, -0.2) is 9.37 Å². The van der Waals surface area contributed by atoms with Crippen molar-refractivity contribution in [2.75, 3.05) is 6.54 Å². The Balaban J connectivity index is 1.43. The van der Waals surface area contributed by atoms with Crippen LogP contribution in [0.1, 0.15) is 35.7 Å². The molecule has 0 spiro atoms. The average molecular weight is 435 g/mol. The molecule has 0 unspecified atom stereocenters. The first-order chi connectivity index (χ1) is 15.1. The lowest BCUT2D eigenvalue weighted by atomic mass is 10.1. The fourth-order valence-electron chi connectivity index (χ4n) is 4.13. The van der Waals surface area contributed by atoms with Crippen LogP contribution in [0, 0.1) is 5.82 Å². The van der Waals surface area contributed by atoms with Gasteiger partial charge < -0.3 is 9.32 Å². The molecule has 0 N–H and O–H groups in total. The lowest BCUT2D eigenvalue weighted by Crippen LogP contribution is -2.33. The second kappa shape index (κ2) is 8.16. The van der Waals surface area contributed by atoms with Crippen molar-refractivity contribution in [1.82, 2.24) is 9.88 Å². The molecule has 5 rings (SSSR count). The number of carbonyl (C=O) groups excluding carboxylic acids is 1. The third-order valence-electron chi connectivity index (χ3n) is 5.69. The Morgan fingerprint density at radius 3 is 2.68 bits per heavy atom. The number of likely N-dealkylation sites (tertiary alicyclic amines) is 1. The predicted molar refractivity (Wildman–Crippen MR) is 118 cm³/mol. The molecule has 1 fully saturated rings. The van der Waals surface area contributed by atoms with E-state index in [1.165, 1.54) is 12.1 Å². The topological polar surface area (TPSA) is 46.3 Å². The van der Waals surface area contributed by atoms with Gasteiger partial charge in [0.15, 0.2) is 5.58 Å². The number of carbonyl (C=O) groups is 1. The van der Waals surface area contributed by atoms with E-state index in [0.717, 1.165) is 29.5 Å². The van der Waals surface area contributed by atoms with Gasteiger partial charge >= 0.3 is 0 Å². The minimum atomic E-state index is -0.745. The highest BCUT2D eigenvalue weighted by atomic mass is 35.5. The van der Waals surface area contributed by atoms with E-state index in [4.69, 9.17) is 16.0 Å². The summed E-state index contributed by atoms with van der Waals surface area (Å²) in [7, 11) is 0. The van der Waals surface area contributed by atoms with E-state index in [0.29, 0.717) is 23.5 Å². The van der Waals surface area contributed by atoms with Crippen LogP contribution >= 0.6 is 11.6 Å². The highest BCUT2D eigenvalue weighted by molar-refractivity contribution is 6.30. The van der Waals surface area contributed by atoms with Gasteiger partial charge in [0.2, 0.25) is 11.8 Å². The van der Waals surface area contributed by atoms with E-state index in [1.807, 2.05) is 54.6 Å². The molecule has 1 amide bonds. The van der Waals surface area contributed by atoms with Gasteiger partial charge in [-0.2, -0.15) is 0 Å². The van der Waals surface area contributed by atoms with Crippen LogP contribution in [0.3, 0.4) is 0 Å². The molecule has 156 valence electrons. The summed E-state index contributed by atoms with van der Waals surface area (Å²) < 4.78 is 19.6. The molecular weight excluding hydrogens is 415 g/mol. The highest BCUT2D eigenvalue weighted by Gasteiger charge is 2.36. The first kappa shape index (κ1) is 19.8. The van der Waals surface area contributed by atoms with Crippen molar-refractivity contribution in [2.45, 2.75) is 24.3 Å². The van der Waals surface area contributed by atoms with Crippen LogP contribution in [0.15, 0.2) is 77.2 Å². The summed E-state index contributed by atoms with van der Waals surface area (Å²) in [6.07, 6.45) is 1.63. The van der Waals surface area contributed by atoms with Crippen LogP contribution in [-0.2, 0) is 4.79 Å². The van der Waals surface area contributed by atoms with Crippen molar-refractivity contribution in [3.63, 3.8) is 0 Å². The summed E-state index contributed by atoms with van der Waals surface area (Å²) in [5.74, 6) is 0.0832. The Bertz CT molecular complexity index is 1240. The lowest BCUT2D eigenvalue weighted by molar-refractivity contribution is -0.132. The zero-order valence-electron chi connectivity index (χ0n) is 16.7. The van der Waals surface area contributed by atoms with Crippen LogP contribution in [0.4, 0.5) is 4.39 Å². The molecule has 31 heavy (non-hydrogen) atoms. The monoisotopic (exact) mass is 434 g/mol. The molecule has 4 nitrogen and oxygen atoms in total. The molecule has 1 aliphatic heterocycles. The number of fused-ring (bicyclic) bond motifs is 1. The Kier molecular flexibility index (Phi) is 5.20. The number of hydrogen-bond donors (Lipinski definition) is 0. The van der Waals surface area contributed by atoms with E-state index >= 15 is 0 Å². The zero-order chi connectivity index (χ0) is 21.4. The van der Waals surface area contributed by atoms with Gasteiger partial charge in [0, 0.05) is 6.54 Å². The summed E-state index contributed by atoms with van der Waals surface area (Å²) in [6, 6.07) is 21.1. The number of nitrogens with zero attached hydrogens (tertiary/aromatic N) is 2. The van der Waals surface area contributed by atoms with Gasteiger partial charge in [0.25, 0.3) is 0 Å². The number of benzene rings is 3. The molecule has 0 saturated carbocycles. The smallest absolute Gasteiger partial charge is 0.245 e. The molecule has 6 heteroatoms. The van der Waals surface area contributed by atoms with Crippen molar-refractivity contribution in [2.24, 2.45) is 0 Å². The number of alkyl halides is 1. The number of aromatic nitrogens is 1. The second-order valence-electron chi connectivity index (χ2n) is 7.71. The van der Waals surface area contributed by atoms with Crippen molar-refractivity contribution in [1.29, 1.82) is 0 Å². The fourth-order valence-corrected chi connectivity index (χ4v) is 4.40. The molecule has 1 saturated heterocycles. The average Bonchev–Trinajstić information content (AvgIpc) is 3.45. The maximum Gasteiger partial charge on any atom is 0.245 e. The van der Waals surface area contributed by atoms with E-state index in [2.05, 4.69) is 4.98 Å². The molecule has 0 bridgehead atoms. The number of halogens is 2. The first-order valence-electron chi connectivity index (χ1n) is 10.3. The van der Waals surface area contributed by atoms with E-state index in [-0.39, 0.29) is 17.8 Å². The molecular formula is C25H20ClFN2O2. The quantitative estimate of drug-likeness (QED) is 0.355. The van der Waals surface area contributed by atoms with Gasteiger partial charge in [0.1, 0.15) is 22.8 Å². The van der Waals surface area contributed by atoms with Gasteiger partial charge in [-0.1, -0.05) is 48.5 Å². The normalized spacial score (nSPS) is 17.2. The Morgan fingerprint density at radius 1 is 1.06 bits per heavy atom. The molecule has 1 aliphatic rings. The molecule has 0 aliphatic carbocycles. The molecule has 2 atom stereocenters.